The van der Waals surface area contributed by atoms with Gasteiger partial charge in [0.1, 0.15) is 11.6 Å². The van der Waals surface area contributed by atoms with Gasteiger partial charge < -0.3 is 10.4 Å². The third-order valence-corrected chi connectivity index (χ3v) is 4.13. The lowest BCUT2D eigenvalue weighted by atomic mass is 9.99. The molecule has 0 saturated heterocycles. The summed E-state index contributed by atoms with van der Waals surface area (Å²) in [7, 11) is 0. The van der Waals surface area contributed by atoms with E-state index in [1.807, 2.05) is 43.3 Å². The molecule has 1 fully saturated rings. The minimum Gasteiger partial charge on any atom is -0.321 e. The van der Waals surface area contributed by atoms with Crippen LogP contribution in [0.15, 0.2) is 35.1 Å². The smallest absolute Gasteiger partial charge is 0.266 e. The molecule has 1 aromatic heterocycles. The van der Waals surface area contributed by atoms with E-state index in [2.05, 4.69) is 4.98 Å². The minimum absolute atomic E-state index is 0.182. The van der Waals surface area contributed by atoms with Crippen molar-refractivity contribution in [2.24, 2.45) is 0 Å². The second-order valence-corrected chi connectivity index (χ2v) is 6.22. The van der Waals surface area contributed by atoms with E-state index < -0.39 is 0 Å². The van der Waals surface area contributed by atoms with Crippen molar-refractivity contribution in [2.45, 2.75) is 46.0 Å². The van der Waals surface area contributed by atoms with Gasteiger partial charge in [-0.15, -0.1) is 0 Å². The number of pyridine rings is 1. The molecule has 24 heavy (non-hydrogen) atoms. The number of nitrogens with zero attached hydrogens (tertiary/aromatic N) is 1. The molecule has 3 rings (SSSR count). The minimum atomic E-state index is -0.330. The van der Waals surface area contributed by atoms with Crippen LogP contribution in [0.2, 0.25) is 0 Å². The van der Waals surface area contributed by atoms with E-state index in [9.17, 15) is 4.79 Å². The van der Waals surface area contributed by atoms with Gasteiger partial charge in [0.2, 0.25) is 0 Å². The molecular weight excluding hydrogens is 298 g/mol. The zero-order chi connectivity index (χ0) is 17.5. The molecular formula is C20H23N3O. The van der Waals surface area contributed by atoms with Crippen LogP contribution in [-0.2, 0) is 0 Å². The molecule has 1 heterocycles. The molecule has 0 amide bonds. The summed E-state index contributed by atoms with van der Waals surface area (Å²) in [5.74, 6) is 0. The molecule has 4 nitrogen and oxygen atoms in total. The van der Waals surface area contributed by atoms with Crippen molar-refractivity contribution in [3.8, 4) is 17.3 Å². The van der Waals surface area contributed by atoms with Crippen LogP contribution in [0.1, 0.15) is 48.8 Å². The van der Waals surface area contributed by atoms with Crippen molar-refractivity contribution in [3.63, 3.8) is 0 Å². The summed E-state index contributed by atoms with van der Waals surface area (Å²) in [6.07, 6.45) is 6.01. The largest absolute Gasteiger partial charge is 0.321 e. The predicted octanol–water partition coefficient (Wildman–Crippen LogP) is 4.50. The number of nitriles is 1. The number of rotatable bonds is 1. The number of H-pyrrole nitrogens is 1. The SMILES string of the molecule is Cc1cccc(-c2cc(C)c(C#N)c(=O)[nH]2)c1.N=C1CCCCC1. The van der Waals surface area contributed by atoms with Crippen molar-refractivity contribution < 1.29 is 0 Å². The van der Waals surface area contributed by atoms with Crippen molar-refractivity contribution in [1.82, 2.24) is 4.98 Å². The predicted molar refractivity (Wildman–Crippen MR) is 97.5 cm³/mol. The number of hydrogen-bond donors (Lipinski definition) is 2. The van der Waals surface area contributed by atoms with Gasteiger partial charge in [-0.1, -0.05) is 30.2 Å². The van der Waals surface area contributed by atoms with Crippen molar-refractivity contribution in [2.75, 3.05) is 0 Å². The molecule has 0 bridgehead atoms. The van der Waals surface area contributed by atoms with Crippen LogP contribution < -0.4 is 5.56 Å². The fourth-order valence-electron chi connectivity index (χ4n) is 2.77. The standard InChI is InChI=1S/C14H12N2O.C6H11N/c1-9-4-3-5-11(6-9)13-7-10(2)12(8-15)14(17)16-13;7-6-4-2-1-3-5-6/h3-7H,1-2H3,(H,16,17);7H,1-5H2. The number of aryl methyl sites for hydroxylation is 2. The summed E-state index contributed by atoms with van der Waals surface area (Å²) in [5.41, 5.74) is 4.35. The molecule has 1 aliphatic rings. The van der Waals surface area contributed by atoms with Crippen LogP contribution in [0.25, 0.3) is 11.3 Å². The molecule has 0 unspecified atom stereocenters. The highest BCUT2D eigenvalue weighted by Crippen LogP contribution is 2.18. The zero-order valence-corrected chi connectivity index (χ0v) is 14.3. The molecule has 0 radical (unpaired) electrons. The molecule has 1 aliphatic carbocycles. The number of hydrogen-bond acceptors (Lipinski definition) is 3. The summed E-state index contributed by atoms with van der Waals surface area (Å²) >= 11 is 0. The van der Waals surface area contributed by atoms with Gasteiger partial charge in [0, 0.05) is 11.4 Å². The van der Waals surface area contributed by atoms with Crippen LogP contribution in [-0.4, -0.2) is 10.7 Å². The molecule has 2 N–H and O–H groups in total. The molecule has 0 aliphatic heterocycles. The summed E-state index contributed by atoms with van der Waals surface area (Å²) in [6.45, 7) is 3.77. The maximum absolute atomic E-state index is 11.7. The van der Waals surface area contributed by atoms with E-state index in [0.717, 1.165) is 35.4 Å². The van der Waals surface area contributed by atoms with Crippen LogP contribution >= 0.6 is 0 Å². The normalized spacial score (nSPS) is 13.6. The lowest BCUT2D eigenvalue weighted by Crippen LogP contribution is -2.12. The molecule has 2 aromatic rings. The molecule has 0 atom stereocenters. The van der Waals surface area contributed by atoms with E-state index in [0.29, 0.717) is 5.56 Å². The average molecular weight is 321 g/mol. The quantitative estimate of drug-likeness (QED) is 0.811. The molecule has 0 spiro atoms. The Hall–Kier alpha value is -2.67. The van der Waals surface area contributed by atoms with Crippen molar-refractivity contribution in [1.29, 1.82) is 10.7 Å². The van der Waals surface area contributed by atoms with Gasteiger partial charge in [0.05, 0.1) is 0 Å². The molecule has 1 saturated carbocycles. The number of aromatic nitrogens is 1. The first kappa shape index (κ1) is 17.7. The Morgan fingerprint density at radius 3 is 2.33 bits per heavy atom. The van der Waals surface area contributed by atoms with Crippen molar-refractivity contribution in [3.05, 3.63) is 57.4 Å². The first-order chi connectivity index (χ1) is 11.5. The Balaban J connectivity index is 0.000000249. The Bertz CT molecular complexity index is 820. The Labute approximate surface area is 142 Å². The van der Waals surface area contributed by atoms with E-state index in [-0.39, 0.29) is 11.1 Å². The highest BCUT2D eigenvalue weighted by atomic mass is 16.1. The fraction of sp³-hybridized carbons (Fsp3) is 0.350. The molecule has 124 valence electrons. The average Bonchev–Trinajstić information content (AvgIpc) is 2.56. The lowest BCUT2D eigenvalue weighted by Gasteiger charge is -2.08. The van der Waals surface area contributed by atoms with Gasteiger partial charge >= 0.3 is 0 Å². The monoisotopic (exact) mass is 321 g/mol. The maximum Gasteiger partial charge on any atom is 0.266 e. The van der Waals surface area contributed by atoms with Gasteiger partial charge in [-0.2, -0.15) is 5.26 Å². The Morgan fingerprint density at radius 1 is 1.12 bits per heavy atom. The summed E-state index contributed by atoms with van der Waals surface area (Å²) in [4.78, 5) is 14.4. The van der Waals surface area contributed by atoms with E-state index in [4.69, 9.17) is 10.7 Å². The fourth-order valence-corrected chi connectivity index (χ4v) is 2.77. The summed E-state index contributed by atoms with van der Waals surface area (Å²) in [6, 6.07) is 11.6. The van der Waals surface area contributed by atoms with Crippen molar-refractivity contribution >= 4 is 5.71 Å². The van der Waals surface area contributed by atoms with Gasteiger partial charge in [-0.25, -0.2) is 0 Å². The van der Waals surface area contributed by atoms with Gasteiger partial charge in [0.25, 0.3) is 5.56 Å². The van der Waals surface area contributed by atoms with Crippen LogP contribution in [0, 0.1) is 30.6 Å². The molecule has 4 heteroatoms. The number of benzene rings is 1. The highest BCUT2D eigenvalue weighted by Gasteiger charge is 2.06. The number of aromatic amines is 1. The van der Waals surface area contributed by atoms with Gasteiger partial charge in [0.15, 0.2) is 0 Å². The Kier molecular flexibility index (Phi) is 6.08. The summed E-state index contributed by atoms with van der Waals surface area (Å²) in [5, 5.41) is 16.0. The third kappa shape index (κ3) is 4.66. The third-order valence-electron chi connectivity index (χ3n) is 4.13. The van der Waals surface area contributed by atoms with Crippen LogP contribution in [0.5, 0.6) is 0 Å². The second kappa shape index (κ2) is 8.26. The van der Waals surface area contributed by atoms with Crippen LogP contribution in [0.4, 0.5) is 0 Å². The first-order valence-electron chi connectivity index (χ1n) is 8.28. The zero-order valence-electron chi connectivity index (χ0n) is 14.3. The topological polar surface area (TPSA) is 80.5 Å². The van der Waals surface area contributed by atoms with E-state index in [1.165, 1.54) is 19.3 Å². The second-order valence-electron chi connectivity index (χ2n) is 6.22. The Morgan fingerprint density at radius 2 is 1.83 bits per heavy atom. The molecule has 1 aromatic carbocycles. The maximum atomic E-state index is 11.7. The highest BCUT2D eigenvalue weighted by molar-refractivity contribution is 5.81. The lowest BCUT2D eigenvalue weighted by molar-refractivity contribution is 0.663. The van der Waals surface area contributed by atoms with Gasteiger partial charge in [-0.3, -0.25) is 4.79 Å². The van der Waals surface area contributed by atoms with Gasteiger partial charge in [-0.05, 0) is 62.8 Å². The first-order valence-corrected chi connectivity index (χ1v) is 8.28. The number of nitrogens with one attached hydrogen (secondary N) is 2. The van der Waals surface area contributed by atoms with E-state index in [1.54, 1.807) is 6.92 Å². The van der Waals surface area contributed by atoms with Crippen LogP contribution in [0.3, 0.4) is 0 Å². The summed E-state index contributed by atoms with van der Waals surface area (Å²) < 4.78 is 0. The van der Waals surface area contributed by atoms with E-state index >= 15 is 0 Å².